The summed E-state index contributed by atoms with van der Waals surface area (Å²) in [6, 6.07) is 6.46. The second kappa shape index (κ2) is 12.2. The van der Waals surface area contributed by atoms with Crippen LogP contribution in [0.4, 0.5) is 15.2 Å². The molecule has 1 atom stereocenters. The number of amides is 1. The van der Waals surface area contributed by atoms with Gasteiger partial charge in [0.25, 0.3) is 0 Å². The van der Waals surface area contributed by atoms with Crippen LogP contribution in [0.2, 0.25) is 5.02 Å². The summed E-state index contributed by atoms with van der Waals surface area (Å²) < 4.78 is 21.6. The van der Waals surface area contributed by atoms with E-state index in [0.29, 0.717) is 17.0 Å². The fourth-order valence-corrected chi connectivity index (χ4v) is 6.12. The van der Waals surface area contributed by atoms with E-state index < -0.39 is 5.82 Å². The van der Waals surface area contributed by atoms with Crippen LogP contribution in [0.5, 0.6) is 0 Å². The first-order chi connectivity index (χ1) is 20.3. The van der Waals surface area contributed by atoms with Crippen molar-refractivity contribution in [1.29, 1.82) is 0 Å². The van der Waals surface area contributed by atoms with Crippen LogP contribution in [0.15, 0.2) is 49.1 Å². The molecule has 5 aromatic rings. The van der Waals surface area contributed by atoms with Crippen LogP contribution in [0, 0.1) is 18.7 Å². The van der Waals surface area contributed by atoms with Crippen LogP contribution in [-0.2, 0) is 24.4 Å². The van der Waals surface area contributed by atoms with Crippen molar-refractivity contribution in [3.05, 3.63) is 76.8 Å². The van der Waals surface area contributed by atoms with E-state index in [1.165, 1.54) is 36.5 Å². The zero-order valence-electron chi connectivity index (χ0n) is 23.3. The normalized spacial score (nSPS) is 15.8. The number of carbonyl (C=O) groups is 1. The van der Waals surface area contributed by atoms with E-state index in [1.54, 1.807) is 29.3 Å². The van der Waals surface area contributed by atoms with Crippen molar-refractivity contribution in [2.45, 2.75) is 46.3 Å². The Balaban J connectivity index is 1.13. The van der Waals surface area contributed by atoms with Crippen LogP contribution in [0.25, 0.3) is 16.9 Å². The maximum atomic E-state index is 13.4. The van der Waals surface area contributed by atoms with Crippen LogP contribution in [-0.4, -0.2) is 52.4 Å². The van der Waals surface area contributed by atoms with Gasteiger partial charge >= 0.3 is 0 Å². The van der Waals surface area contributed by atoms with Crippen LogP contribution in [0.1, 0.15) is 36.7 Å². The molecule has 13 heteroatoms. The Hall–Kier alpha value is -3.87. The lowest BCUT2D eigenvalue weighted by Gasteiger charge is -2.30. The van der Waals surface area contributed by atoms with Crippen molar-refractivity contribution in [2.75, 3.05) is 18.4 Å². The number of hydrogen-bond donors (Lipinski definition) is 2. The number of likely N-dealkylation sites (tertiary alicyclic amines) is 1. The minimum Gasteiger partial charge on any atom is -0.350 e. The Morgan fingerprint density at radius 2 is 2.12 bits per heavy atom. The number of nitrogens with zero attached hydrogens (tertiary/aromatic N) is 7. The molecule has 10 nitrogen and oxygen atoms in total. The van der Waals surface area contributed by atoms with E-state index in [4.69, 9.17) is 16.6 Å². The van der Waals surface area contributed by atoms with Crippen molar-refractivity contribution >= 4 is 45.5 Å². The molecule has 6 rings (SSSR count). The molecule has 5 heterocycles. The third-order valence-corrected chi connectivity index (χ3v) is 8.28. The predicted octanol–water partition coefficient (Wildman–Crippen LogP) is 5.44. The smallest absolute Gasteiger partial charge is 0.241 e. The number of nitrogens with one attached hydrogen (secondary N) is 2. The number of fused-ring (bicyclic) bond motifs is 1. The first-order valence-electron chi connectivity index (χ1n) is 13.8. The number of carbonyl (C=O) groups excluding carboxylic acids is 1. The highest BCUT2D eigenvalue weighted by atomic mass is 35.5. The van der Waals surface area contributed by atoms with Gasteiger partial charge in [0, 0.05) is 37.6 Å². The van der Waals surface area contributed by atoms with Crippen molar-refractivity contribution in [1.82, 2.24) is 38.7 Å². The molecule has 1 amide bonds. The Labute approximate surface area is 251 Å². The Morgan fingerprint density at radius 1 is 1.24 bits per heavy atom. The molecule has 1 aromatic carbocycles. The number of piperidine rings is 1. The molecule has 1 unspecified atom stereocenters. The number of aromatic nitrogens is 6. The minimum atomic E-state index is -0.493. The van der Waals surface area contributed by atoms with Crippen LogP contribution in [0.3, 0.4) is 0 Å². The minimum absolute atomic E-state index is 0.0228. The molecule has 0 bridgehead atoms. The monoisotopic (exact) mass is 607 g/mol. The molecule has 1 aliphatic heterocycles. The molecule has 42 heavy (non-hydrogen) atoms. The lowest BCUT2D eigenvalue weighted by molar-refractivity contribution is -0.122. The Kier molecular flexibility index (Phi) is 8.18. The van der Waals surface area contributed by atoms with E-state index in [-0.39, 0.29) is 24.0 Å². The van der Waals surface area contributed by atoms with Gasteiger partial charge in [0.05, 0.1) is 34.5 Å². The summed E-state index contributed by atoms with van der Waals surface area (Å²) in [6.45, 7) is 7.60. The third-order valence-electron chi connectivity index (χ3n) is 7.25. The maximum Gasteiger partial charge on any atom is 0.241 e. The second-order valence-electron chi connectivity index (χ2n) is 10.8. The first-order valence-corrected chi connectivity index (χ1v) is 15.0. The Morgan fingerprint density at radius 3 is 2.95 bits per heavy atom. The molecule has 1 fully saturated rings. The van der Waals surface area contributed by atoms with Crippen LogP contribution >= 0.6 is 23.1 Å². The molecular weight excluding hydrogens is 577 g/mol. The number of rotatable bonds is 9. The zero-order chi connectivity index (χ0) is 29.2. The van der Waals surface area contributed by atoms with Gasteiger partial charge in [-0.1, -0.05) is 24.6 Å². The summed E-state index contributed by atoms with van der Waals surface area (Å²) in [6.07, 6.45) is 9.75. The van der Waals surface area contributed by atoms with Crippen molar-refractivity contribution in [3.63, 3.8) is 0 Å². The van der Waals surface area contributed by atoms with Gasteiger partial charge in [-0.15, -0.1) is 0 Å². The highest BCUT2D eigenvalue weighted by Crippen LogP contribution is 2.28. The topological polar surface area (TPSA) is 105 Å². The number of benzene rings is 1. The van der Waals surface area contributed by atoms with Gasteiger partial charge in [-0.25, -0.2) is 14.4 Å². The SMILES string of the molecule is Cc1cn2c(-c3cnn(CC(=O)NCc4ccc(F)c(Cl)c4)c3)cnc2c(Nc2cc(CN3CCCC(C)C3)ns2)n1. The van der Waals surface area contributed by atoms with Gasteiger partial charge in [-0.2, -0.15) is 9.47 Å². The van der Waals surface area contributed by atoms with Gasteiger partial charge in [0.15, 0.2) is 11.5 Å². The fourth-order valence-electron chi connectivity index (χ4n) is 5.26. The zero-order valence-corrected chi connectivity index (χ0v) is 24.9. The molecule has 218 valence electrons. The average Bonchev–Trinajstić information content (AvgIpc) is 3.70. The molecule has 0 radical (unpaired) electrons. The van der Waals surface area contributed by atoms with Gasteiger partial charge in [0.1, 0.15) is 17.4 Å². The molecular formula is C29H31ClFN9OS. The Bertz CT molecular complexity index is 1730. The second-order valence-corrected chi connectivity index (χ2v) is 12.0. The molecule has 0 saturated carbocycles. The highest BCUT2D eigenvalue weighted by Gasteiger charge is 2.19. The summed E-state index contributed by atoms with van der Waals surface area (Å²) >= 11 is 7.25. The number of imidazole rings is 1. The maximum absolute atomic E-state index is 13.4. The van der Waals surface area contributed by atoms with Crippen LogP contribution < -0.4 is 10.6 Å². The van der Waals surface area contributed by atoms with E-state index in [9.17, 15) is 9.18 Å². The standard InChI is InChI=1S/C29H31ClFN9OS/c1-18-4-3-7-38(13-18)16-22-9-27(42-37-22)36-28-29-33-12-25(40(29)14-19(2)35-28)21-11-34-39(15-21)17-26(41)32-10-20-5-6-24(31)23(30)8-20/h5-6,8-9,11-12,14-15,18H,3-4,7,10,13,16-17H2,1-2H3,(H,32,41)(H,35,36). The van der Waals surface area contributed by atoms with Gasteiger partial charge in [-0.05, 0) is 67.5 Å². The summed E-state index contributed by atoms with van der Waals surface area (Å²) in [5, 5.41) is 11.5. The summed E-state index contributed by atoms with van der Waals surface area (Å²) in [7, 11) is 0. The van der Waals surface area contributed by atoms with Gasteiger partial charge in [0.2, 0.25) is 5.91 Å². The number of halogens is 2. The summed E-state index contributed by atoms with van der Waals surface area (Å²) in [5.74, 6) is 0.656. The number of aryl methyl sites for hydroxylation is 1. The number of hydrogen-bond acceptors (Lipinski definition) is 8. The van der Waals surface area contributed by atoms with Crippen molar-refractivity contribution in [2.24, 2.45) is 5.92 Å². The van der Waals surface area contributed by atoms with Gasteiger partial charge in [-0.3, -0.25) is 18.8 Å². The van der Waals surface area contributed by atoms with E-state index in [0.717, 1.165) is 53.2 Å². The quantitative estimate of drug-likeness (QED) is 0.230. The highest BCUT2D eigenvalue weighted by molar-refractivity contribution is 7.10. The van der Waals surface area contributed by atoms with E-state index in [1.807, 2.05) is 17.5 Å². The lowest BCUT2D eigenvalue weighted by Crippen LogP contribution is -2.33. The van der Waals surface area contributed by atoms with E-state index in [2.05, 4.69) is 43.0 Å². The van der Waals surface area contributed by atoms with Gasteiger partial charge < -0.3 is 10.6 Å². The first kappa shape index (κ1) is 28.3. The van der Waals surface area contributed by atoms with E-state index >= 15 is 0 Å². The molecule has 1 saturated heterocycles. The molecule has 0 spiro atoms. The van der Waals surface area contributed by atoms with Crippen molar-refractivity contribution < 1.29 is 9.18 Å². The largest absolute Gasteiger partial charge is 0.350 e. The summed E-state index contributed by atoms with van der Waals surface area (Å²) in [5.41, 5.74) is 4.91. The number of anilines is 2. The molecule has 2 N–H and O–H groups in total. The average molecular weight is 608 g/mol. The fraction of sp³-hybridized carbons (Fsp3) is 0.345. The molecule has 4 aromatic heterocycles. The van der Waals surface area contributed by atoms with Crippen molar-refractivity contribution in [3.8, 4) is 11.3 Å². The predicted molar refractivity (Wildman–Crippen MR) is 161 cm³/mol. The lowest BCUT2D eigenvalue weighted by atomic mass is 10.0. The third kappa shape index (κ3) is 6.45. The molecule has 0 aliphatic carbocycles. The molecule has 1 aliphatic rings. The summed E-state index contributed by atoms with van der Waals surface area (Å²) in [4.78, 5) is 24.3.